The molecule has 0 spiro atoms. The van der Waals surface area contributed by atoms with E-state index in [0.29, 0.717) is 16.1 Å². The lowest BCUT2D eigenvalue weighted by Crippen LogP contribution is -2.37. The van der Waals surface area contributed by atoms with Gasteiger partial charge < -0.3 is 15.3 Å². The maximum atomic E-state index is 12.0. The first-order valence-electron chi connectivity index (χ1n) is 6.64. The van der Waals surface area contributed by atoms with Gasteiger partial charge >= 0.3 is 0 Å². The number of hydrogen-bond donors (Lipinski definition) is 2. The average molecular weight is 347 g/mol. The van der Waals surface area contributed by atoms with Crippen LogP contribution in [0.25, 0.3) is 0 Å². The van der Waals surface area contributed by atoms with Crippen molar-refractivity contribution in [1.29, 1.82) is 0 Å². The van der Waals surface area contributed by atoms with Gasteiger partial charge in [-0.2, -0.15) is 5.10 Å². The highest BCUT2D eigenvalue weighted by atomic mass is 79.9. The van der Waals surface area contributed by atoms with E-state index in [1.54, 1.807) is 6.20 Å². The fourth-order valence-electron chi connectivity index (χ4n) is 1.84. The summed E-state index contributed by atoms with van der Waals surface area (Å²) in [6.07, 6.45) is 1.62. The minimum absolute atomic E-state index is 0.110. The minimum Gasteiger partial charge on any atom is -0.394 e. The van der Waals surface area contributed by atoms with Gasteiger partial charge in [-0.3, -0.25) is 4.79 Å². The quantitative estimate of drug-likeness (QED) is 0.770. The molecular weight excluding hydrogens is 324 g/mol. The van der Waals surface area contributed by atoms with Crippen LogP contribution in [0.1, 0.15) is 13.8 Å². The smallest absolute Gasteiger partial charge is 0.283 e. The van der Waals surface area contributed by atoms with Crippen LogP contribution in [-0.2, 0) is 6.54 Å². The molecule has 1 aromatic rings. The molecule has 0 aliphatic rings. The monoisotopic (exact) mass is 346 g/mol. The predicted molar refractivity (Wildman–Crippen MR) is 84.1 cm³/mol. The van der Waals surface area contributed by atoms with Crippen LogP contribution in [0.15, 0.2) is 15.5 Å². The van der Waals surface area contributed by atoms with Gasteiger partial charge in [0.05, 0.1) is 25.0 Å². The molecule has 7 heteroatoms. The zero-order valence-corrected chi connectivity index (χ0v) is 14.0. The summed E-state index contributed by atoms with van der Waals surface area (Å²) in [6, 6.07) is 0.219. The number of rotatable bonds is 7. The molecule has 1 atom stereocenters. The molecule has 0 bridgehead atoms. The van der Waals surface area contributed by atoms with Crippen molar-refractivity contribution in [2.75, 3.05) is 32.6 Å². The maximum Gasteiger partial charge on any atom is 0.283 e. The van der Waals surface area contributed by atoms with Crippen LogP contribution in [0, 0.1) is 5.92 Å². The molecule has 0 saturated heterocycles. The van der Waals surface area contributed by atoms with Crippen molar-refractivity contribution in [3.8, 4) is 0 Å². The Morgan fingerprint density at radius 1 is 1.50 bits per heavy atom. The van der Waals surface area contributed by atoms with Crippen molar-refractivity contribution >= 4 is 21.6 Å². The molecule has 1 aromatic heterocycles. The second-order valence-electron chi connectivity index (χ2n) is 5.38. The van der Waals surface area contributed by atoms with Gasteiger partial charge in [-0.05, 0) is 35.9 Å². The Bertz CT molecular complexity index is 488. The molecule has 0 aliphatic heterocycles. The topological polar surface area (TPSA) is 70.4 Å². The van der Waals surface area contributed by atoms with Gasteiger partial charge in [0.1, 0.15) is 4.47 Å². The molecule has 2 N–H and O–H groups in total. The maximum absolute atomic E-state index is 12.0. The van der Waals surface area contributed by atoms with Crippen LogP contribution in [0.5, 0.6) is 0 Å². The first kappa shape index (κ1) is 17.1. The van der Waals surface area contributed by atoms with Crippen LogP contribution in [-0.4, -0.2) is 53.1 Å². The molecule has 6 nitrogen and oxygen atoms in total. The van der Waals surface area contributed by atoms with Crippen LogP contribution in [0.4, 0.5) is 5.69 Å². The van der Waals surface area contributed by atoms with Crippen molar-refractivity contribution in [2.24, 2.45) is 5.92 Å². The van der Waals surface area contributed by atoms with Gasteiger partial charge in [0, 0.05) is 12.6 Å². The lowest BCUT2D eigenvalue weighted by Gasteiger charge is -2.26. The van der Waals surface area contributed by atoms with Gasteiger partial charge in [0.25, 0.3) is 5.56 Å². The highest BCUT2D eigenvalue weighted by Crippen LogP contribution is 2.19. The van der Waals surface area contributed by atoms with E-state index in [1.165, 1.54) is 4.68 Å². The molecule has 0 saturated carbocycles. The number of anilines is 1. The second-order valence-corrected chi connectivity index (χ2v) is 6.17. The molecule has 1 unspecified atom stereocenters. The van der Waals surface area contributed by atoms with Gasteiger partial charge in [0.2, 0.25) is 0 Å². The Morgan fingerprint density at radius 2 is 2.15 bits per heavy atom. The van der Waals surface area contributed by atoms with E-state index in [1.807, 2.05) is 14.1 Å². The highest BCUT2D eigenvalue weighted by molar-refractivity contribution is 9.10. The van der Waals surface area contributed by atoms with Crippen LogP contribution in [0.2, 0.25) is 0 Å². The summed E-state index contributed by atoms with van der Waals surface area (Å²) in [5.41, 5.74) is 0.446. The molecule has 0 amide bonds. The van der Waals surface area contributed by atoms with Gasteiger partial charge in [-0.25, -0.2) is 4.68 Å². The summed E-state index contributed by atoms with van der Waals surface area (Å²) in [7, 11) is 4.03. The van der Waals surface area contributed by atoms with E-state index < -0.39 is 0 Å². The normalized spacial score (nSPS) is 13.0. The predicted octanol–water partition coefficient (Wildman–Crippen LogP) is 0.996. The van der Waals surface area contributed by atoms with Crippen LogP contribution in [0.3, 0.4) is 0 Å². The van der Waals surface area contributed by atoms with Gasteiger partial charge in [0.15, 0.2) is 0 Å². The second kappa shape index (κ2) is 7.75. The van der Waals surface area contributed by atoms with Crippen molar-refractivity contribution < 1.29 is 5.11 Å². The zero-order valence-electron chi connectivity index (χ0n) is 12.4. The summed E-state index contributed by atoms with van der Waals surface area (Å²) in [6.45, 7) is 5.22. The van der Waals surface area contributed by atoms with E-state index >= 15 is 0 Å². The molecule has 0 aliphatic carbocycles. The first-order chi connectivity index (χ1) is 9.36. The molecule has 20 heavy (non-hydrogen) atoms. The Labute approximate surface area is 127 Å². The number of nitrogens with one attached hydrogen (secondary N) is 1. The Morgan fingerprint density at radius 3 is 2.65 bits per heavy atom. The third-order valence-corrected chi connectivity index (χ3v) is 3.77. The standard InChI is InChI=1S/C13H23BrN4O2/c1-9(2)11(8-17(3)4)16-10-7-15-18(5-6-19)13(20)12(10)14/h7,9,11,16,19H,5-6,8H2,1-4H3. The van der Waals surface area contributed by atoms with Crippen molar-refractivity contribution in [3.63, 3.8) is 0 Å². The van der Waals surface area contributed by atoms with Crippen LogP contribution < -0.4 is 10.9 Å². The molecule has 0 radical (unpaired) electrons. The summed E-state index contributed by atoms with van der Waals surface area (Å²) in [5, 5.41) is 16.3. The Hall–Kier alpha value is -0.920. The summed E-state index contributed by atoms with van der Waals surface area (Å²) in [5.74, 6) is 0.421. The molecule has 114 valence electrons. The summed E-state index contributed by atoms with van der Waals surface area (Å²) < 4.78 is 1.69. The van der Waals surface area contributed by atoms with E-state index in [-0.39, 0.29) is 24.8 Å². The number of likely N-dealkylation sites (N-methyl/N-ethyl adjacent to an activating group) is 1. The van der Waals surface area contributed by atoms with Crippen molar-refractivity contribution in [2.45, 2.75) is 26.4 Å². The van der Waals surface area contributed by atoms with Crippen molar-refractivity contribution in [1.82, 2.24) is 14.7 Å². The van der Waals surface area contributed by atoms with E-state index in [0.717, 1.165) is 6.54 Å². The Kier molecular flexibility index (Phi) is 6.64. The molecular formula is C13H23BrN4O2. The number of halogens is 1. The third-order valence-electron chi connectivity index (χ3n) is 3.00. The number of aromatic nitrogens is 2. The number of aliphatic hydroxyl groups excluding tert-OH is 1. The summed E-state index contributed by atoms with van der Waals surface area (Å²) >= 11 is 3.31. The largest absolute Gasteiger partial charge is 0.394 e. The SMILES string of the molecule is CC(C)C(CN(C)C)Nc1cnn(CCO)c(=O)c1Br. The highest BCUT2D eigenvalue weighted by Gasteiger charge is 2.17. The third kappa shape index (κ3) is 4.57. The van der Waals surface area contributed by atoms with Gasteiger partial charge in [-0.1, -0.05) is 13.8 Å². The number of aliphatic hydroxyl groups is 1. The summed E-state index contributed by atoms with van der Waals surface area (Å²) in [4.78, 5) is 14.1. The minimum atomic E-state index is -0.239. The van der Waals surface area contributed by atoms with E-state index in [4.69, 9.17) is 5.11 Å². The molecule has 0 aromatic carbocycles. The molecule has 1 rings (SSSR count). The number of nitrogens with zero attached hydrogens (tertiary/aromatic N) is 3. The first-order valence-corrected chi connectivity index (χ1v) is 7.43. The average Bonchev–Trinajstić information content (AvgIpc) is 2.36. The fraction of sp³-hybridized carbons (Fsp3) is 0.692. The molecule has 1 heterocycles. The lowest BCUT2D eigenvalue weighted by molar-refractivity contribution is 0.266. The van der Waals surface area contributed by atoms with Crippen LogP contribution >= 0.6 is 15.9 Å². The van der Waals surface area contributed by atoms with E-state index in [9.17, 15) is 4.79 Å². The number of hydrogen-bond acceptors (Lipinski definition) is 5. The fourth-order valence-corrected chi connectivity index (χ4v) is 2.26. The van der Waals surface area contributed by atoms with Gasteiger partial charge in [-0.15, -0.1) is 0 Å². The van der Waals surface area contributed by atoms with Crippen molar-refractivity contribution in [3.05, 3.63) is 21.0 Å². The lowest BCUT2D eigenvalue weighted by atomic mass is 10.0. The zero-order chi connectivity index (χ0) is 15.3. The Balaban J connectivity index is 2.96. The van der Waals surface area contributed by atoms with E-state index in [2.05, 4.69) is 45.1 Å². The molecule has 0 fully saturated rings.